The van der Waals surface area contributed by atoms with Crippen molar-refractivity contribution in [3.05, 3.63) is 10.6 Å². The molecule has 108 valence electrons. The Balaban J connectivity index is 2.17. The predicted octanol–water partition coefficient (Wildman–Crippen LogP) is 3.61. The molecule has 1 atom stereocenters. The summed E-state index contributed by atoms with van der Waals surface area (Å²) in [7, 11) is 2.01. The van der Waals surface area contributed by atoms with Crippen LogP contribution in [0.3, 0.4) is 0 Å². The molecule has 1 aromatic rings. The molecule has 0 amide bonds. The van der Waals surface area contributed by atoms with Gasteiger partial charge in [-0.25, -0.2) is 4.98 Å². The molecule has 1 aliphatic heterocycles. The third kappa shape index (κ3) is 3.69. The van der Waals surface area contributed by atoms with Crippen molar-refractivity contribution in [2.75, 3.05) is 25.0 Å². The first kappa shape index (κ1) is 14.8. The first-order valence-electron chi connectivity index (χ1n) is 7.51. The van der Waals surface area contributed by atoms with Crippen LogP contribution >= 0.6 is 11.3 Å². The highest BCUT2D eigenvalue weighted by Gasteiger charge is 2.20. The molecule has 19 heavy (non-hydrogen) atoms. The third-order valence-corrected chi connectivity index (χ3v) is 5.02. The van der Waals surface area contributed by atoms with E-state index in [0.717, 1.165) is 12.5 Å². The van der Waals surface area contributed by atoms with Crippen molar-refractivity contribution in [1.29, 1.82) is 0 Å². The molecule has 0 aromatic carbocycles. The molecule has 0 spiro atoms. The summed E-state index contributed by atoms with van der Waals surface area (Å²) in [5.74, 6) is 1.38. The lowest BCUT2D eigenvalue weighted by Crippen LogP contribution is -2.23. The van der Waals surface area contributed by atoms with E-state index in [2.05, 4.69) is 31.0 Å². The van der Waals surface area contributed by atoms with Gasteiger partial charge in [0.05, 0.1) is 5.69 Å². The fourth-order valence-electron chi connectivity index (χ4n) is 2.68. The molecule has 1 fully saturated rings. The van der Waals surface area contributed by atoms with Crippen LogP contribution in [0.15, 0.2) is 0 Å². The minimum absolute atomic E-state index is 0.513. The fraction of sp³-hybridized carbons (Fsp3) is 0.800. The number of nitrogens with one attached hydrogen (secondary N) is 1. The van der Waals surface area contributed by atoms with Gasteiger partial charge in [0, 0.05) is 24.5 Å². The van der Waals surface area contributed by atoms with Crippen LogP contribution in [0.2, 0.25) is 0 Å². The minimum atomic E-state index is 0.513. The Bertz CT molecular complexity index is 400. The Morgan fingerprint density at radius 3 is 2.84 bits per heavy atom. The Hall–Kier alpha value is -0.610. The number of thiazole rings is 1. The van der Waals surface area contributed by atoms with Gasteiger partial charge in [-0.15, -0.1) is 11.3 Å². The summed E-state index contributed by atoms with van der Waals surface area (Å²) in [5.41, 5.74) is 1.28. The molecule has 0 radical (unpaired) electrons. The van der Waals surface area contributed by atoms with Crippen LogP contribution in [-0.4, -0.2) is 25.1 Å². The topological polar surface area (TPSA) is 28.2 Å². The van der Waals surface area contributed by atoms with Gasteiger partial charge in [-0.2, -0.15) is 0 Å². The number of rotatable bonds is 4. The first-order chi connectivity index (χ1) is 9.11. The maximum absolute atomic E-state index is 4.92. The smallest absolute Gasteiger partial charge is 0.185 e. The lowest BCUT2D eigenvalue weighted by atomic mass is 10.0. The zero-order valence-corrected chi connectivity index (χ0v) is 13.5. The van der Waals surface area contributed by atoms with Crippen LogP contribution in [0.1, 0.15) is 56.5 Å². The van der Waals surface area contributed by atoms with E-state index >= 15 is 0 Å². The standard InChI is InChI=1S/C15H27N3S/c1-11(2)14-13(10-16-4)19-15(17-14)18-8-5-6-12(3)7-9-18/h11-12,16H,5-10H2,1-4H3. The predicted molar refractivity (Wildman–Crippen MR) is 84.2 cm³/mol. The quantitative estimate of drug-likeness (QED) is 0.914. The molecule has 3 nitrogen and oxygen atoms in total. The van der Waals surface area contributed by atoms with Gasteiger partial charge in [-0.05, 0) is 38.1 Å². The van der Waals surface area contributed by atoms with Crippen molar-refractivity contribution < 1.29 is 0 Å². The minimum Gasteiger partial charge on any atom is -0.348 e. The number of aromatic nitrogens is 1. The molecule has 2 heterocycles. The molecule has 1 aliphatic rings. The molecule has 2 rings (SSSR count). The summed E-state index contributed by atoms with van der Waals surface area (Å²) in [4.78, 5) is 8.83. The maximum Gasteiger partial charge on any atom is 0.185 e. The van der Waals surface area contributed by atoms with E-state index in [1.54, 1.807) is 0 Å². The second-order valence-corrected chi connectivity index (χ2v) is 7.08. The van der Waals surface area contributed by atoms with Crippen LogP contribution in [0.4, 0.5) is 5.13 Å². The summed E-state index contributed by atoms with van der Waals surface area (Å²) in [5, 5.41) is 4.51. The van der Waals surface area contributed by atoms with Gasteiger partial charge in [0.2, 0.25) is 0 Å². The lowest BCUT2D eigenvalue weighted by Gasteiger charge is -2.19. The van der Waals surface area contributed by atoms with E-state index in [1.807, 2.05) is 18.4 Å². The average molecular weight is 281 g/mol. The van der Waals surface area contributed by atoms with Gasteiger partial charge in [-0.3, -0.25) is 0 Å². The monoisotopic (exact) mass is 281 g/mol. The largest absolute Gasteiger partial charge is 0.348 e. The van der Waals surface area contributed by atoms with Crippen LogP contribution in [0.5, 0.6) is 0 Å². The van der Waals surface area contributed by atoms with E-state index in [1.165, 1.54) is 48.1 Å². The van der Waals surface area contributed by atoms with Crippen LogP contribution in [-0.2, 0) is 6.54 Å². The normalized spacial score (nSPS) is 20.9. The highest BCUT2D eigenvalue weighted by Crippen LogP contribution is 2.32. The van der Waals surface area contributed by atoms with Gasteiger partial charge in [0.1, 0.15) is 0 Å². The molecule has 1 unspecified atom stereocenters. The van der Waals surface area contributed by atoms with E-state index in [-0.39, 0.29) is 0 Å². The van der Waals surface area contributed by atoms with Gasteiger partial charge in [0.15, 0.2) is 5.13 Å². The van der Waals surface area contributed by atoms with Crippen molar-refractivity contribution >= 4 is 16.5 Å². The summed E-state index contributed by atoms with van der Waals surface area (Å²) in [6.45, 7) is 10.1. The Morgan fingerprint density at radius 1 is 1.37 bits per heavy atom. The fourth-order valence-corrected chi connectivity index (χ4v) is 3.96. The Kier molecular flexibility index (Phi) is 5.22. The third-order valence-electron chi connectivity index (χ3n) is 3.89. The Labute approximate surface area is 121 Å². The van der Waals surface area contributed by atoms with Gasteiger partial charge in [-0.1, -0.05) is 20.8 Å². The summed E-state index contributed by atoms with van der Waals surface area (Å²) in [6.07, 6.45) is 3.97. The zero-order chi connectivity index (χ0) is 13.8. The first-order valence-corrected chi connectivity index (χ1v) is 8.32. The van der Waals surface area contributed by atoms with Crippen molar-refractivity contribution in [3.63, 3.8) is 0 Å². The van der Waals surface area contributed by atoms with Gasteiger partial charge >= 0.3 is 0 Å². The van der Waals surface area contributed by atoms with E-state index in [9.17, 15) is 0 Å². The second kappa shape index (κ2) is 6.71. The zero-order valence-electron chi connectivity index (χ0n) is 12.7. The lowest BCUT2D eigenvalue weighted by molar-refractivity contribution is 0.521. The van der Waals surface area contributed by atoms with Crippen LogP contribution in [0, 0.1) is 5.92 Å². The van der Waals surface area contributed by atoms with Crippen molar-refractivity contribution in [1.82, 2.24) is 10.3 Å². The number of anilines is 1. The molecular weight excluding hydrogens is 254 g/mol. The van der Waals surface area contributed by atoms with E-state index in [0.29, 0.717) is 5.92 Å². The number of hydrogen-bond acceptors (Lipinski definition) is 4. The summed E-state index contributed by atoms with van der Waals surface area (Å²) < 4.78 is 0. The molecule has 1 saturated heterocycles. The highest BCUT2D eigenvalue weighted by atomic mass is 32.1. The van der Waals surface area contributed by atoms with Crippen molar-refractivity contribution in [2.24, 2.45) is 5.92 Å². The molecule has 0 saturated carbocycles. The molecule has 1 aromatic heterocycles. The molecule has 0 aliphatic carbocycles. The van der Waals surface area contributed by atoms with Gasteiger partial charge in [0.25, 0.3) is 0 Å². The van der Waals surface area contributed by atoms with E-state index in [4.69, 9.17) is 4.98 Å². The summed E-state index contributed by atoms with van der Waals surface area (Å²) in [6, 6.07) is 0. The number of hydrogen-bond donors (Lipinski definition) is 1. The van der Waals surface area contributed by atoms with Crippen molar-refractivity contribution in [3.8, 4) is 0 Å². The van der Waals surface area contributed by atoms with Crippen molar-refractivity contribution in [2.45, 2.75) is 52.5 Å². The van der Waals surface area contributed by atoms with Crippen LogP contribution in [0.25, 0.3) is 0 Å². The molecular formula is C15H27N3S. The maximum atomic E-state index is 4.92. The summed E-state index contributed by atoms with van der Waals surface area (Å²) >= 11 is 1.88. The molecule has 1 N–H and O–H groups in total. The SMILES string of the molecule is CNCc1sc(N2CCCC(C)CC2)nc1C(C)C. The second-order valence-electron chi connectivity index (χ2n) is 6.01. The molecule has 0 bridgehead atoms. The highest BCUT2D eigenvalue weighted by molar-refractivity contribution is 7.15. The van der Waals surface area contributed by atoms with Gasteiger partial charge < -0.3 is 10.2 Å². The average Bonchev–Trinajstić information content (AvgIpc) is 2.66. The molecule has 4 heteroatoms. The van der Waals surface area contributed by atoms with E-state index < -0.39 is 0 Å². The number of nitrogens with zero attached hydrogens (tertiary/aromatic N) is 2. The van der Waals surface area contributed by atoms with Crippen LogP contribution < -0.4 is 10.2 Å². The Morgan fingerprint density at radius 2 is 2.16 bits per heavy atom.